The smallest absolute Gasteiger partial charge is 0.331 e. The molecule has 0 unspecified atom stereocenters. The third-order valence-corrected chi connectivity index (χ3v) is 5.98. The van der Waals surface area contributed by atoms with Crippen molar-refractivity contribution in [3.8, 4) is 17.3 Å². The molecule has 0 spiro atoms. The fourth-order valence-electron chi connectivity index (χ4n) is 4.15. The fourth-order valence-corrected chi connectivity index (χ4v) is 4.15. The van der Waals surface area contributed by atoms with Gasteiger partial charge in [0.15, 0.2) is 12.4 Å². The number of ether oxygens (including phenoxy) is 1. The van der Waals surface area contributed by atoms with Crippen LogP contribution in [0.25, 0.3) is 17.0 Å². The zero-order valence-electron chi connectivity index (χ0n) is 19.7. The molecule has 2 aromatic carbocycles. The summed E-state index contributed by atoms with van der Waals surface area (Å²) < 4.78 is 21.2. The molecule has 2 aromatic heterocycles. The van der Waals surface area contributed by atoms with E-state index in [9.17, 15) is 19.1 Å². The van der Waals surface area contributed by atoms with Gasteiger partial charge in [0.2, 0.25) is 0 Å². The first-order valence-electron chi connectivity index (χ1n) is 11.1. The summed E-state index contributed by atoms with van der Waals surface area (Å²) in [6, 6.07) is 15.3. The molecular weight excluding hydrogens is 463 g/mol. The van der Waals surface area contributed by atoms with Gasteiger partial charge in [-0.2, -0.15) is 9.67 Å². The Morgan fingerprint density at radius 1 is 0.889 bits per heavy atom. The molecule has 4 aromatic rings. The molecule has 5 rings (SSSR count). The van der Waals surface area contributed by atoms with Crippen molar-refractivity contribution in [1.82, 2.24) is 9.78 Å². The highest BCUT2D eigenvalue weighted by Crippen LogP contribution is 2.38. The first-order chi connectivity index (χ1) is 17.3. The van der Waals surface area contributed by atoms with Gasteiger partial charge in [-0.25, -0.2) is 14.0 Å². The standard InChI is InChI=1S/C27H21FN4O4/c1-16-12-14-30(15-13-16)24-23(25(33)31(27(24)35)19-8-10-21(36-3)11-9-19)22-17(2)29-32(26(22)34)20-6-4-18(28)5-7-20/h4-15H,1-3H3. The zero-order valence-corrected chi connectivity index (χ0v) is 19.7. The van der Waals surface area contributed by atoms with Crippen molar-refractivity contribution in [1.29, 1.82) is 0 Å². The Hall–Kier alpha value is -4.79. The molecule has 0 bridgehead atoms. The number of carbonyl (C=O) groups is 2. The predicted octanol–water partition coefficient (Wildman–Crippen LogP) is 2.94. The highest BCUT2D eigenvalue weighted by Gasteiger charge is 2.47. The largest absolute Gasteiger partial charge is 0.858 e. The number of benzene rings is 2. The molecule has 0 saturated carbocycles. The van der Waals surface area contributed by atoms with Gasteiger partial charge in [-0.15, -0.1) is 0 Å². The SMILES string of the molecule is COc1ccc(N2C(=O)C(c3c(C)nn(-c4ccc(F)cc4)c3[O-])=C([n+]3ccc(C)cc3)C2=O)cc1. The van der Waals surface area contributed by atoms with E-state index in [1.165, 1.54) is 35.9 Å². The minimum Gasteiger partial charge on any atom is -0.858 e. The maximum Gasteiger partial charge on any atom is 0.331 e. The molecular formula is C27H21FN4O4. The minimum atomic E-state index is -0.646. The maximum absolute atomic E-state index is 13.8. The van der Waals surface area contributed by atoms with E-state index in [1.54, 1.807) is 55.7 Å². The van der Waals surface area contributed by atoms with Gasteiger partial charge in [0.05, 0.1) is 24.2 Å². The summed E-state index contributed by atoms with van der Waals surface area (Å²) in [4.78, 5) is 28.5. The number of halogens is 1. The van der Waals surface area contributed by atoms with Crippen LogP contribution in [0.5, 0.6) is 11.6 Å². The molecule has 0 N–H and O–H groups in total. The van der Waals surface area contributed by atoms with Crippen molar-refractivity contribution >= 4 is 28.8 Å². The maximum atomic E-state index is 13.8. The number of aryl methyl sites for hydroxylation is 2. The minimum absolute atomic E-state index is 0.0109. The summed E-state index contributed by atoms with van der Waals surface area (Å²) in [6.07, 6.45) is 3.33. The molecule has 0 atom stereocenters. The lowest BCUT2D eigenvalue weighted by Gasteiger charge is -2.16. The second-order valence-corrected chi connectivity index (χ2v) is 8.30. The number of imide groups is 1. The Morgan fingerprint density at radius 3 is 2.11 bits per heavy atom. The van der Waals surface area contributed by atoms with E-state index in [1.807, 2.05) is 6.92 Å². The summed E-state index contributed by atoms with van der Waals surface area (Å²) in [5.74, 6) is -1.70. The van der Waals surface area contributed by atoms with Gasteiger partial charge in [-0.05, 0) is 73.8 Å². The van der Waals surface area contributed by atoms with Crippen molar-refractivity contribution in [3.05, 3.63) is 95.7 Å². The number of pyridine rings is 1. The highest BCUT2D eigenvalue weighted by atomic mass is 19.1. The predicted molar refractivity (Wildman–Crippen MR) is 128 cm³/mol. The van der Waals surface area contributed by atoms with Gasteiger partial charge in [-0.1, -0.05) is 0 Å². The van der Waals surface area contributed by atoms with Crippen molar-refractivity contribution in [2.75, 3.05) is 12.0 Å². The molecule has 36 heavy (non-hydrogen) atoms. The Balaban J connectivity index is 1.71. The second-order valence-electron chi connectivity index (χ2n) is 8.30. The average Bonchev–Trinajstić information content (AvgIpc) is 3.31. The van der Waals surface area contributed by atoms with E-state index in [2.05, 4.69) is 5.10 Å². The lowest BCUT2D eigenvalue weighted by molar-refractivity contribution is -0.576. The molecule has 8 nitrogen and oxygen atoms in total. The van der Waals surface area contributed by atoms with E-state index in [-0.39, 0.29) is 22.5 Å². The number of hydrogen-bond acceptors (Lipinski definition) is 5. The molecule has 180 valence electrons. The number of methoxy groups -OCH3 is 1. The van der Waals surface area contributed by atoms with Gasteiger partial charge in [0.25, 0.3) is 11.6 Å². The van der Waals surface area contributed by atoms with E-state index in [0.29, 0.717) is 17.1 Å². The lowest BCUT2D eigenvalue weighted by atomic mass is 10.0. The Kier molecular flexibility index (Phi) is 5.60. The first kappa shape index (κ1) is 23.0. The van der Waals surface area contributed by atoms with Crippen LogP contribution in [-0.4, -0.2) is 28.7 Å². The van der Waals surface area contributed by atoms with Crippen LogP contribution in [0.4, 0.5) is 10.1 Å². The number of rotatable bonds is 5. The van der Waals surface area contributed by atoms with Crippen LogP contribution < -0.4 is 19.3 Å². The van der Waals surface area contributed by atoms with E-state index < -0.39 is 23.5 Å². The molecule has 0 radical (unpaired) electrons. The monoisotopic (exact) mass is 484 g/mol. The first-order valence-corrected chi connectivity index (χ1v) is 11.1. The van der Waals surface area contributed by atoms with Crippen LogP contribution >= 0.6 is 0 Å². The van der Waals surface area contributed by atoms with Crippen LogP contribution in [0.15, 0.2) is 73.1 Å². The number of amides is 2. The van der Waals surface area contributed by atoms with Crippen LogP contribution in [0.1, 0.15) is 16.8 Å². The normalized spacial score (nSPS) is 13.6. The Labute approximate surface area is 206 Å². The Morgan fingerprint density at radius 2 is 1.50 bits per heavy atom. The van der Waals surface area contributed by atoms with Gasteiger partial charge in [0, 0.05) is 17.7 Å². The number of anilines is 1. The van der Waals surface area contributed by atoms with Crippen LogP contribution in [-0.2, 0) is 9.59 Å². The van der Waals surface area contributed by atoms with Crippen LogP contribution in [0.2, 0.25) is 0 Å². The van der Waals surface area contributed by atoms with Gasteiger partial charge in [0.1, 0.15) is 17.1 Å². The molecule has 0 saturated heterocycles. The molecule has 3 heterocycles. The van der Waals surface area contributed by atoms with Gasteiger partial charge >= 0.3 is 5.91 Å². The number of hydrogen-bond donors (Lipinski definition) is 0. The van der Waals surface area contributed by atoms with Crippen molar-refractivity contribution in [2.45, 2.75) is 13.8 Å². The fraction of sp³-hybridized carbons (Fsp3) is 0.111. The number of nitrogens with zero attached hydrogens (tertiary/aromatic N) is 4. The zero-order chi connectivity index (χ0) is 25.6. The molecule has 9 heteroatoms. The van der Waals surface area contributed by atoms with Gasteiger partial charge in [-0.3, -0.25) is 9.59 Å². The quantitative estimate of drug-likeness (QED) is 0.321. The highest BCUT2D eigenvalue weighted by molar-refractivity contribution is 6.53. The molecule has 2 amide bonds. The third-order valence-electron chi connectivity index (χ3n) is 5.98. The molecule has 1 aliphatic rings. The topological polar surface area (TPSA) is 91.4 Å². The van der Waals surface area contributed by atoms with E-state index in [4.69, 9.17) is 4.74 Å². The molecule has 0 fully saturated rings. The third kappa shape index (κ3) is 3.70. The summed E-state index contributed by atoms with van der Waals surface area (Å²) in [7, 11) is 1.52. The second kappa shape index (κ2) is 8.77. The average molecular weight is 484 g/mol. The summed E-state index contributed by atoms with van der Waals surface area (Å²) in [6.45, 7) is 3.49. The van der Waals surface area contributed by atoms with Crippen LogP contribution in [0.3, 0.4) is 0 Å². The van der Waals surface area contributed by atoms with Crippen molar-refractivity contribution in [3.63, 3.8) is 0 Å². The summed E-state index contributed by atoms with van der Waals surface area (Å²) in [5.41, 5.74) is 1.89. The van der Waals surface area contributed by atoms with Crippen molar-refractivity contribution < 1.29 is 28.4 Å². The molecule has 0 aliphatic carbocycles. The van der Waals surface area contributed by atoms with E-state index >= 15 is 0 Å². The van der Waals surface area contributed by atoms with Crippen molar-refractivity contribution in [2.24, 2.45) is 0 Å². The summed E-state index contributed by atoms with van der Waals surface area (Å²) in [5, 5.41) is 17.9. The molecule has 1 aliphatic heterocycles. The number of carbonyl (C=O) groups excluding carboxylic acids is 2. The number of aromatic nitrogens is 3. The Bertz CT molecular complexity index is 1520. The van der Waals surface area contributed by atoms with Gasteiger partial charge < -0.3 is 9.84 Å². The van der Waals surface area contributed by atoms with Crippen LogP contribution in [0, 0.1) is 19.7 Å². The summed E-state index contributed by atoms with van der Waals surface area (Å²) >= 11 is 0. The van der Waals surface area contributed by atoms with E-state index in [0.717, 1.165) is 15.1 Å². The lowest BCUT2D eigenvalue weighted by Crippen LogP contribution is -2.39.